The van der Waals surface area contributed by atoms with Crippen LogP contribution in [0.4, 0.5) is 0 Å². The average molecular weight is 398 g/mol. The van der Waals surface area contributed by atoms with E-state index in [4.69, 9.17) is 9.47 Å². The summed E-state index contributed by atoms with van der Waals surface area (Å²) in [5, 5.41) is 9.01. The molecule has 0 bridgehead atoms. The second kappa shape index (κ2) is 9.41. The van der Waals surface area contributed by atoms with Crippen molar-refractivity contribution in [2.75, 3.05) is 14.2 Å². The van der Waals surface area contributed by atoms with E-state index in [-0.39, 0.29) is 11.2 Å². The van der Waals surface area contributed by atoms with Gasteiger partial charge in [0.15, 0.2) is 5.17 Å². The first-order chi connectivity index (χ1) is 13.6. The van der Waals surface area contributed by atoms with Gasteiger partial charge in [0.1, 0.15) is 11.5 Å². The molecule has 146 valence electrons. The van der Waals surface area contributed by atoms with E-state index in [1.54, 1.807) is 25.3 Å². The van der Waals surface area contributed by atoms with Crippen molar-refractivity contribution in [3.63, 3.8) is 0 Å². The van der Waals surface area contributed by atoms with Gasteiger partial charge in [-0.1, -0.05) is 30.8 Å². The number of amidine groups is 1. The van der Waals surface area contributed by atoms with Gasteiger partial charge in [-0.15, -0.1) is 5.10 Å². The molecule has 1 saturated heterocycles. The molecule has 6 nitrogen and oxygen atoms in total. The number of carbonyl (C=O) groups is 1. The van der Waals surface area contributed by atoms with Crippen molar-refractivity contribution in [2.45, 2.75) is 25.1 Å². The molecular formula is C21H23N3O3S. The van der Waals surface area contributed by atoms with Gasteiger partial charge in [0.2, 0.25) is 5.91 Å². The molecule has 2 aromatic carbocycles. The van der Waals surface area contributed by atoms with Crippen molar-refractivity contribution in [3.05, 3.63) is 59.7 Å². The highest BCUT2D eigenvalue weighted by Gasteiger charge is 2.36. The fourth-order valence-electron chi connectivity index (χ4n) is 2.74. The smallest absolute Gasteiger partial charge is 0.242 e. The summed E-state index contributed by atoms with van der Waals surface area (Å²) in [5.74, 6) is 1.65. The highest BCUT2D eigenvalue weighted by Crippen LogP contribution is 2.31. The molecule has 0 aliphatic carbocycles. The molecule has 3 rings (SSSR count). The second-order valence-electron chi connectivity index (χ2n) is 6.19. The Labute approximate surface area is 169 Å². The van der Waals surface area contributed by atoms with Gasteiger partial charge in [0.25, 0.3) is 0 Å². The lowest BCUT2D eigenvalue weighted by Gasteiger charge is -2.16. The van der Waals surface area contributed by atoms with Crippen LogP contribution in [0.15, 0.2) is 58.7 Å². The third-order valence-corrected chi connectivity index (χ3v) is 5.69. The van der Waals surface area contributed by atoms with Crippen LogP contribution in [0.25, 0.3) is 0 Å². The van der Waals surface area contributed by atoms with Gasteiger partial charge in [-0.3, -0.25) is 9.69 Å². The summed E-state index contributed by atoms with van der Waals surface area (Å²) in [4.78, 5) is 14.4. The van der Waals surface area contributed by atoms with Crippen molar-refractivity contribution in [3.8, 4) is 11.5 Å². The molecule has 0 spiro atoms. The number of rotatable bonds is 7. The van der Waals surface area contributed by atoms with Crippen molar-refractivity contribution >= 4 is 29.1 Å². The Bertz CT molecular complexity index is 863. The lowest BCUT2D eigenvalue weighted by molar-refractivity contribution is -0.126. The molecule has 0 N–H and O–H groups in total. The first-order valence-electron chi connectivity index (χ1n) is 9.00. The number of hydrogen-bond acceptors (Lipinski definition) is 6. The molecule has 0 radical (unpaired) electrons. The number of benzene rings is 2. The third-order valence-electron chi connectivity index (χ3n) is 4.36. The van der Waals surface area contributed by atoms with Gasteiger partial charge >= 0.3 is 0 Å². The Morgan fingerprint density at radius 1 is 1.04 bits per heavy atom. The zero-order valence-electron chi connectivity index (χ0n) is 16.2. The maximum absolute atomic E-state index is 12.7. The quantitative estimate of drug-likeness (QED) is 0.524. The largest absolute Gasteiger partial charge is 0.497 e. The number of thioether (sulfide) groups is 1. The fourth-order valence-corrected chi connectivity index (χ4v) is 3.76. The van der Waals surface area contributed by atoms with Crippen molar-refractivity contribution < 1.29 is 14.3 Å². The predicted molar refractivity (Wildman–Crippen MR) is 113 cm³/mol. The Morgan fingerprint density at radius 3 is 2.21 bits per heavy atom. The van der Waals surface area contributed by atoms with E-state index in [2.05, 4.69) is 10.2 Å². The van der Waals surface area contributed by atoms with Gasteiger partial charge in [0.05, 0.1) is 32.2 Å². The normalized spacial score (nSPS) is 18.2. The van der Waals surface area contributed by atoms with Crippen LogP contribution in [-0.4, -0.2) is 41.7 Å². The molecule has 28 heavy (non-hydrogen) atoms. The SMILES string of the molecule is CCC1S/C(=N\N=C\c2ccc(OC)cc2)N(Cc2ccc(OC)cc2)C1=O. The van der Waals surface area contributed by atoms with Gasteiger partial charge in [-0.25, -0.2) is 0 Å². The molecule has 1 aliphatic rings. The first kappa shape index (κ1) is 19.9. The lowest BCUT2D eigenvalue weighted by atomic mass is 10.2. The third kappa shape index (κ3) is 4.72. The van der Waals surface area contributed by atoms with Crippen molar-refractivity contribution in [1.82, 2.24) is 4.90 Å². The van der Waals surface area contributed by atoms with E-state index in [1.165, 1.54) is 11.8 Å². The van der Waals surface area contributed by atoms with Gasteiger partial charge in [-0.2, -0.15) is 5.10 Å². The molecular weight excluding hydrogens is 374 g/mol. The minimum atomic E-state index is -0.117. The second-order valence-corrected chi connectivity index (χ2v) is 7.36. The standard InChI is InChI=1S/C21H23N3O3S/c1-4-19-20(25)24(14-16-7-11-18(27-3)12-8-16)21(28-19)23-22-13-15-5-9-17(26-2)10-6-15/h5-13,19H,4,14H2,1-3H3/b22-13+,23-21-. The lowest BCUT2D eigenvalue weighted by Crippen LogP contribution is -2.31. The average Bonchev–Trinajstić information content (AvgIpc) is 3.04. The molecule has 0 aromatic heterocycles. The molecule has 1 fully saturated rings. The summed E-state index contributed by atoms with van der Waals surface area (Å²) in [6.07, 6.45) is 2.42. The minimum absolute atomic E-state index is 0.0710. The topological polar surface area (TPSA) is 63.5 Å². The van der Waals surface area contributed by atoms with Crippen molar-refractivity contribution in [2.24, 2.45) is 10.2 Å². The van der Waals surface area contributed by atoms with E-state index in [0.29, 0.717) is 11.7 Å². The molecule has 0 saturated carbocycles. The number of ether oxygens (including phenoxy) is 2. The summed E-state index contributed by atoms with van der Waals surface area (Å²) in [6, 6.07) is 15.2. The zero-order valence-corrected chi connectivity index (χ0v) is 17.0. The number of carbonyl (C=O) groups excluding carboxylic acids is 1. The van der Waals surface area contributed by atoms with Crippen LogP contribution in [0.1, 0.15) is 24.5 Å². The summed E-state index contributed by atoms with van der Waals surface area (Å²) in [5.41, 5.74) is 1.92. The van der Waals surface area contributed by atoms with E-state index in [9.17, 15) is 4.79 Å². The van der Waals surface area contributed by atoms with Crippen LogP contribution in [0.5, 0.6) is 11.5 Å². The summed E-state index contributed by atoms with van der Waals surface area (Å²) in [6.45, 7) is 2.47. The van der Waals surface area contributed by atoms with Crippen LogP contribution in [0.3, 0.4) is 0 Å². The van der Waals surface area contributed by atoms with Crippen LogP contribution < -0.4 is 9.47 Å². The van der Waals surface area contributed by atoms with E-state index < -0.39 is 0 Å². The Morgan fingerprint density at radius 2 is 1.64 bits per heavy atom. The maximum Gasteiger partial charge on any atom is 0.242 e. The number of hydrogen-bond donors (Lipinski definition) is 0. The highest BCUT2D eigenvalue weighted by molar-refractivity contribution is 8.15. The summed E-state index contributed by atoms with van der Waals surface area (Å²) < 4.78 is 10.3. The molecule has 1 heterocycles. The van der Waals surface area contributed by atoms with E-state index in [0.717, 1.165) is 29.0 Å². The zero-order chi connectivity index (χ0) is 19.9. The van der Waals surface area contributed by atoms with Gasteiger partial charge < -0.3 is 9.47 Å². The van der Waals surface area contributed by atoms with E-state index in [1.807, 2.05) is 55.5 Å². The molecule has 1 atom stereocenters. The minimum Gasteiger partial charge on any atom is -0.497 e. The van der Waals surface area contributed by atoms with Crippen LogP contribution in [-0.2, 0) is 11.3 Å². The highest BCUT2D eigenvalue weighted by atomic mass is 32.2. The van der Waals surface area contributed by atoms with Gasteiger partial charge in [0, 0.05) is 0 Å². The van der Waals surface area contributed by atoms with Crippen LogP contribution in [0, 0.1) is 0 Å². The molecule has 7 heteroatoms. The Hall–Kier alpha value is -2.80. The first-order valence-corrected chi connectivity index (χ1v) is 9.88. The molecule has 1 unspecified atom stereocenters. The number of amides is 1. The Kier molecular flexibility index (Phi) is 6.71. The van der Waals surface area contributed by atoms with E-state index >= 15 is 0 Å². The molecule has 2 aromatic rings. The fraction of sp³-hybridized carbons (Fsp3) is 0.286. The predicted octanol–water partition coefficient (Wildman–Crippen LogP) is 3.95. The van der Waals surface area contributed by atoms with Gasteiger partial charge in [-0.05, 0) is 53.9 Å². The van der Waals surface area contributed by atoms with Crippen LogP contribution >= 0.6 is 11.8 Å². The maximum atomic E-state index is 12.7. The number of methoxy groups -OCH3 is 2. The number of nitrogens with zero attached hydrogens (tertiary/aromatic N) is 3. The summed E-state index contributed by atoms with van der Waals surface area (Å²) in [7, 11) is 3.26. The van der Waals surface area contributed by atoms with Crippen LogP contribution in [0.2, 0.25) is 0 Å². The molecule has 1 aliphatic heterocycles. The molecule has 1 amide bonds. The summed E-state index contributed by atoms with van der Waals surface area (Å²) >= 11 is 1.46. The Balaban J connectivity index is 1.76. The monoisotopic (exact) mass is 397 g/mol. The van der Waals surface area contributed by atoms with Crippen molar-refractivity contribution in [1.29, 1.82) is 0 Å².